The number of hydrogen-bond donors (Lipinski definition) is 2. The first-order chi connectivity index (χ1) is 7.76. The van der Waals surface area contributed by atoms with E-state index in [0.717, 1.165) is 0 Å². The summed E-state index contributed by atoms with van der Waals surface area (Å²) in [7, 11) is 0. The molecular formula is C9H15F3N4O. The molecule has 0 amide bonds. The molecule has 0 spiro atoms. The standard InChI is InChI=1S/C9H15F3N4O/c1-3-5(2)6(13)7-14-15-8(17)16(7)4-9(10,11)12/h5-6H,3-4,13H2,1-2H3,(H,15,17)/t5-,6-/m0/s1. The molecule has 0 radical (unpaired) electrons. The average molecular weight is 252 g/mol. The maximum atomic E-state index is 12.3. The average Bonchev–Trinajstić information content (AvgIpc) is 2.56. The molecule has 17 heavy (non-hydrogen) atoms. The molecule has 0 saturated heterocycles. The Morgan fingerprint density at radius 3 is 2.59 bits per heavy atom. The van der Waals surface area contributed by atoms with Crippen molar-refractivity contribution in [2.75, 3.05) is 0 Å². The van der Waals surface area contributed by atoms with Crippen molar-refractivity contribution >= 4 is 0 Å². The van der Waals surface area contributed by atoms with E-state index in [4.69, 9.17) is 5.73 Å². The van der Waals surface area contributed by atoms with Gasteiger partial charge >= 0.3 is 11.9 Å². The normalized spacial score (nSPS) is 15.9. The lowest BCUT2D eigenvalue weighted by Crippen LogP contribution is -2.31. The van der Waals surface area contributed by atoms with Crippen LogP contribution < -0.4 is 11.4 Å². The number of alkyl halides is 3. The zero-order valence-electron chi connectivity index (χ0n) is 9.58. The number of hydrogen-bond acceptors (Lipinski definition) is 3. The molecule has 1 aromatic rings. The van der Waals surface area contributed by atoms with Crippen LogP contribution in [0.25, 0.3) is 0 Å². The maximum Gasteiger partial charge on any atom is 0.406 e. The van der Waals surface area contributed by atoms with Gasteiger partial charge in [0, 0.05) is 0 Å². The van der Waals surface area contributed by atoms with Gasteiger partial charge in [-0.25, -0.2) is 9.89 Å². The van der Waals surface area contributed by atoms with Crippen LogP contribution in [0.3, 0.4) is 0 Å². The lowest BCUT2D eigenvalue weighted by atomic mass is 9.99. The molecule has 0 fully saturated rings. The summed E-state index contributed by atoms with van der Waals surface area (Å²) < 4.78 is 37.4. The molecule has 0 aliphatic heterocycles. The molecule has 98 valence electrons. The van der Waals surface area contributed by atoms with Gasteiger partial charge in [0.1, 0.15) is 6.54 Å². The number of halogens is 3. The first-order valence-electron chi connectivity index (χ1n) is 5.23. The summed E-state index contributed by atoms with van der Waals surface area (Å²) >= 11 is 0. The molecule has 3 N–H and O–H groups in total. The minimum atomic E-state index is -4.47. The summed E-state index contributed by atoms with van der Waals surface area (Å²) in [6.07, 6.45) is -3.79. The second-order valence-electron chi connectivity index (χ2n) is 4.00. The Bertz CT molecular complexity index is 423. The molecule has 1 rings (SSSR count). The first-order valence-corrected chi connectivity index (χ1v) is 5.23. The van der Waals surface area contributed by atoms with Crippen molar-refractivity contribution < 1.29 is 13.2 Å². The van der Waals surface area contributed by atoms with Gasteiger partial charge in [-0.2, -0.15) is 18.3 Å². The SMILES string of the molecule is CC[C@H](C)[C@H](N)c1n[nH]c(=O)n1CC(F)(F)F. The van der Waals surface area contributed by atoms with E-state index in [2.05, 4.69) is 5.10 Å². The fourth-order valence-corrected chi connectivity index (χ4v) is 1.42. The molecule has 8 heteroatoms. The molecule has 0 aliphatic rings. The number of nitrogens with two attached hydrogens (primary N) is 1. The molecule has 2 atom stereocenters. The highest BCUT2D eigenvalue weighted by Gasteiger charge is 2.32. The number of H-pyrrole nitrogens is 1. The van der Waals surface area contributed by atoms with Gasteiger partial charge < -0.3 is 5.73 Å². The van der Waals surface area contributed by atoms with E-state index in [1.54, 1.807) is 6.92 Å². The Kier molecular flexibility index (Phi) is 3.97. The predicted octanol–water partition coefficient (Wildman–Crippen LogP) is 1.18. The third-order valence-electron chi connectivity index (χ3n) is 2.68. The zero-order valence-corrected chi connectivity index (χ0v) is 9.58. The Labute approximate surface area is 95.8 Å². The van der Waals surface area contributed by atoms with Crippen LogP contribution in [0.5, 0.6) is 0 Å². The topological polar surface area (TPSA) is 76.7 Å². The molecule has 1 heterocycles. The van der Waals surface area contributed by atoms with Crippen LogP contribution in [-0.4, -0.2) is 20.9 Å². The van der Waals surface area contributed by atoms with Crippen LogP contribution in [0.1, 0.15) is 32.1 Å². The van der Waals surface area contributed by atoms with Crippen molar-refractivity contribution in [3.05, 3.63) is 16.3 Å². The summed E-state index contributed by atoms with van der Waals surface area (Å²) in [5.74, 6) is -0.112. The van der Waals surface area contributed by atoms with Gasteiger partial charge in [-0.05, 0) is 5.92 Å². The third kappa shape index (κ3) is 3.32. The number of nitrogens with one attached hydrogen (secondary N) is 1. The molecule has 0 bridgehead atoms. The van der Waals surface area contributed by atoms with Crippen molar-refractivity contribution in [2.45, 2.75) is 39.0 Å². The smallest absolute Gasteiger partial charge is 0.321 e. The van der Waals surface area contributed by atoms with Gasteiger partial charge in [-0.1, -0.05) is 20.3 Å². The van der Waals surface area contributed by atoms with Crippen molar-refractivity contribution in [1.82, 2.24) is 14.8 Å². The van der Waals surface area contributed by atoms with Gasteiger partial charge in [-0.15, -0.1) is 0 Å². The highest BCUT2D eigenvalue weighted by molar-refractivity contribution is 4.96. The van der Waals surface area contributed by atoms with E-state index in [1.165, 1.54) is 0 Å². The summed E-state index contributed by atoms with van der Waals surface area (Å²) in [4.78, 5) is 11.2. The van der Waals surface area contributed by atoms with Crippen LogP contribution in [0.2, 0.25) is 0 Å². The molecule has 5 nitrogen and oxygen atoms in total. The van der Waals surface area contributed by atoms with E-state index in [0.29, 0.717) is 11.0 Å². The minimum Gasteiger partial charge on any atom is -0.321 e. The molecule has 0 saturated carbocycles. The van der Waals surface area contributed by atoms with E-state index in [1.807, 2.05) is 12.0 Å². The van der Waals surface area contributed by atoms with Crippen LogP contribution in [0.15, 0.2) is 4.79 Å². The minimum absolute atomic E-state index is 0.0540. The molecule has 0 aromatic carbocycles. The van der Waals surface area contributed by atoms with Crippen molar-refractivity contribution in [1.29, 1.82) is 0 Å². The monoisotopic (exact) mass is 252 g/mol. The van der Waals surface area contributed by atoms with Crippen LogP contribution in [-0.2, 0) is 6.54 Å². The first kappa shape index (κ1) is 13.8. The van der Waals surface area contributed by atoms with Crippen LogP contribution in [0, 0.1) is 5.92 Å². The summed E-state index contributed by atoms with van der Waals surface area (Å²) in [5, 5.41) is 5.57. The lowest BCUT2D eigenvalue weighted by molar-refractivity contribution is -0.141. The summed E-state index contributed by atoms with van der Waals surface area (Å²) in [6.45, 7) is 2.28. The van der Waals surface area contributed by atoms with Gasteiger partial charge in [0.15, 0.2) is 5.82 Å². The van der Waals surface area contributed by atoms with Crippen LogP contribution in [0.4, 0.5) is 13.2 Å². The van der Waals surface area contributed by atoms with E-state index in [9.17, 15) is 18.0 Å². The van der Waals surface area contributed by atoms with Gasteiger partial charge in [-0.3, -0.25) is 4.57 Å². The molecular weight excluding hydrogens is 237 g/mol. The Hall–Kier alpha value is -1.31. The molecule has 0 unspecified atom stereocenters. The second kappa shape index (κ2) is 4.91. The van der Waals surface area contributed by atoms with E-state index < -0.39 is 24.5 Å². The fraction of sp³-hybridized carbons (Fsp3) is 0.778. The maximum absolute atomic E-state index is 12.3. The second-order valence-corrected chi connectivity index (χ2v) is 4.00. The quantitative estimate of drug-likeness (QED) is 0.844. The lowest BCUT2D eigenvalue weighted by Gasteiger charge is -2.18. The largest absolute Gasteiger partial charge is 0.406 e. The van der Waals surface area contributed by atoms with Crippen molar-refractivity contribution in [3.63, 3.8) is 0 Å². The molecule has 0 aliphatic carbocycles. The van der Waals surface area contributed by atoms with Gasteiger partial charge in [0.2, 0.25) is 0 Å². The van der Waals surface area contributed by atoms with E-state index in [-0.39, 0.29) is 11.7 Å². The number of aromatic amines is 1. The van der Waals surface area contributed by atoms with Gasteiger partial charge in [0.05, 0.1) is 6.04 Å². The summed E-state index contributed by atoms with van der Waals surface area (Å²) in [5.41, 5.74) is 4.88. The highest BCUT2D eigenvalue weighted by atomic mass is 19.4. The van der Waals surface area contributed by atoms with Crippen molar-refractivity contribution in [3.8, 4) is 0 Å². The number of aromatic nitrogens is 3. The van der Waals surface area contributed by atoms with Gasteiger partial charge in [0.25, 0.3) is 0 Å². The number of nitrogens with zero attached hydrogens (tertiary/aromatic N) is 2. The Balaban J connectivity index is 3.06. The molecule has 1 aromatic heterocycles. The highest BCUT2D eigenvalue weighted by Crippen LogP contribution is 2.22. The van der Waals surface area contributed by atoms with Crippen LogP contribution >= 0.6 is 0 Å². The Morgan fingerprint density at radius 2 is 2.12 bits per heavy atom. The van der Waals surface area contributed by atoms with E-state index >= 15 is 0 Å². The third-order valence-corrected chi connectivity index (χ3v) is 2.68. The fourth-order valence-electron chi connectivity index (χ4n) is 1.42. The Morgan fingerprint density at radius 1 is 1.53 bits per heavy atom. The summed E-state index contributed by atoms with van der Waals surface area (Å²) in [6, 6.07) is -0.693. The van der Waals surface area contributed by atoms with Crippen molar-refractivity contribution in [2.24, 2.45) is 11.7 Å². The predicted molar refractivity (Wildman–Crippen MR) is 55.3 cm³/mol. The zero-order chi connectivity index (χ0) is 13.2. The number of rotatable bonds is 4.